The Morgan fingerprint density at radius 3 is 2.71 bits per heavy atom. The molecule has 1 atom stereocenters. The number of hydrogen-bond donors (Lipinski definition) is 2. The molecule has 2 rings (SSSR count). The van der Waals surface area contributed by atoms with Gasteiger partial charge in [-0.2, -0.15) is 0 Å². The maximum Gasteiger partial charge on any atom is 0.191 e. The lowest BCUT2D eigenvalue weighted by atomic mass is 10.0. The molecule has 1 unspecified atom stereocenters. The van der Waals surface area contributed by atoms with Gasteiger partial charge in [-0.1, -0.05) is 29.8 Å². The lowest BCUT2D eigenvalue weighted by molar-refractivity contribution is 0.129. The Labute approximate surface area is 151 Å². The lowest BCUT2D eigenvalue weighted by Crippen LogP contribution is -2.39. The van der Waals surface area contributed by atoms with Gasteiger partial charge in [-0.05, 0) is 57.1 Å². The highest BCUT2D eigenvalue weighted by Gasteiger charge is 2.41. The van der Waals surface area contributed by atoms with Crippen LogP contribution in [0.5, 0.6) is 0 Å². The van der Waals surface area contributed by atoms with E-state index in [0.717, 1.165) is 49.3 Å². The predicted molar refractivity (Wildman–Crippen MR) is 102 cm³/mol. The summed E-state index contributed by atoms with van der Waals surface area (Å²) in [6, 6.07) is 8.04. The molecule has 2 N–H and O–H groups in total. The first kappa shape index (κ1) is 19.1. The van der Waals surface area contributed by atoms with Crippen molar-refractivity contribution in [2.75, 3.05) is 26.3 Å². The van der Waals surface area contributed by atoms with Gasteiger partial charge < -0.3 is 15.4 Å². The van der Waals surface area contributed by atoms with Crippen LogP contribution in [-0.2, 0) is 4.74 Å². The lowest BCUT2D eigenvalue weighted by Gasteiger charge is -2.20. The minimum absolute atomic E-state index is 0.107. The van der Waals surface area contributed by atoms with E-state index in [0.29, 0.717) is 5.41 Å². The molecule has 1 aromatic rings. The van der Waals surface area contributed by atoms with Gasteiger partial charge in [-0.25, -0.2) is 0 Å². The summed E-state index contributed by atoms with van der Waals surface area (Å²) in [5.41, 5.74) is 1.44. The van der Waals surface area contributed by atoms with Crippen LogP contribution in [0.25, 0.3) is 0 Å². The molecule has 4 nitrogen and oxygen atoms in total. The van der Waals surface area contributed by atoms with Gasteiger partial charge in [0, 0.05) is 31.3 Å². The van der Waals surface area contributed by atoms with E-state index >= 15 is 0 Å². The molecule has 0 aromatic heterocycles. The summed E-state index contributed by atoms with van der Waals surface area (Å²) in [6.07, 6.45) is 3.61. The zero-order chi connectivity index (χ0) is 17.4. The molecule has 0 spiro atoms. The number of halogens is 1. The van der Waals surface area contributed by atoms with E-state index in [1.54, 1.807) is 0 Å². The Hall–Kier alpha value is -1.26. The number of ether oxygens (including phenoxy) is 1. The molecule has 1 saturated carbocycles. The molecule has 1 aliphatic carbocycles. The predicted octanol–water partition coefficient (Wildman–Crippen LogP) is 4.16. The summed E-state index contributed by atoms with van der Waals surface area (Å²) in [5, 5.41) is 7.58. The Bertz CT molecular complexity index is 543. The first-order valence-corrected chi connectivity index (χ1v) is 9.35. The van der Waals surface area contributed by atoms with Gasteiger partial charge in [0.1, 0.15) is 0 Å². The summed E-state index contributed by atoms with van der Waals surface area (Å²) in [5.74, 6) is 0.854. The molecule has 1 aliphatic rings. The van der Waals surface area contributed by atoms with Gasteiger partial charge in [0.05, 0.1) is 6.04 Å². The Balaban J connectivity index is 1.95. The summed E-state index contributed by atoms with van der Waals surface area (Å²) in [6.45, 7) is 9.55. The summed E-state index contributed by atoms with van der Waals surface area (Å²) in [4.78, 5) is 4.82. The van der Waals surface area contributed by atoms with Crippen LogP contribution in [0.3, 0.4) is 0 Å². The average molecular weight is 352 g/mol. The third-order valence-corrected chi connectivity index (χ3v) is 4.92. The Morgan fingerprint density at radius 2 is 2.08 bits per heavy atom. The van der Waals surface area contributed by atoms with E-state index in [-0.39, 0.29) is 6.04 Å². The quantitative estimate of drug-likeness (QED) is 0.399. The van der Waals surface area contributed by atoms with E-state index in [2.05, 4.69) is 24.5 Å². The molecule has 0 bridgehead atoms. The number of aliphatic imine (C=N–C) groups is 1. The first-order chi connectivity index (χ1) is 11.6. The van der Waals surface area contributed by atoms with Crippen LogP contribution >= 0.6 is 11.6 Å². The second kappa shape index (κ2) is 9.28. The molecule has 0 amide bonds. The molecular weight excluding hydrogens is 322 g/mol. The number of nitrogens with one attached hydrogen (secondary N) is 2. The van der Waals surface area contributed by atoms with E-state index in [1.165, 1.54) is 12.8 Å². The second-order valence-corrected chi connectivity index (χ2v) is 6.94. The molecule has 1 aromatic carbocycles. The molecule has 24 heavy (non-hydrogen) atoms. The minimum Gasteiger partial charge on any atom is -0.382 e. The van der Waals surface area contributed by atoms with Crippen molar-refractivity contribution in [3.05, 3.63) is 34.9 Å². The summed E-state index contributed by atoms with van der Waals surface area (Å²) in [7, 11) is 0. The van der Waals surface area contributed by atoms with Gasteiger partial charge in [-0.15, -0.1) is 0 Å². The number of nitrogens with zero attached hydrogens (tertiary/aromatic N) is 1. The normalized spacial score (nSPS) is 17.4. The highest BCUT2D eigenvalue weighted by molar-refractivity contribution is 6.31. The van der Waals surface area contributed by atoms with Crippen molar-refractivity contribution in [3.63, 3.8) is 0 Å². The van der Waals surface area contributed by atoms with E-state index in [4.69, 9.17) is 21.3 Å². The monoisotopic (exact) mass is 351 g/mol. The molecule has 0 radical (unpaired) electrons. The van der Waals surface area contributed by atoms with Crippen LogP contribution < -0.4 is 10.6 Å². The highest BCUT2D eigenvalue weighted by atomic mass is 35.5. The molecule has 134 valence electrons. The van der Waals surface area contributed by atoms with Crippen LogP contribution in [0.4, 0.5) is 0 Å². The first-order valence-electron chi connectivity index (χ1n) is 8.97. The fourth-order valence-electron chi connectivity index (χ4n) is 2.77. The SMILES string of the molecule is CCNC(=NCC1(CCOCC)CC1)NC(C)c1ccccc1Cl. The second-order valence-electron chi connectivity index (χ2n) is 6.53. The van der Waals surface area contributed by atoms with Crippen LogP contribution in [0.15, 0.2) is 29.3 Å². The maximum absolute atomic E-state index is 6.30. The van der Waals surface area contributed by atoms with Crippen LogP contribution in [0.1, 0.15) is 51.6 Å². The van der Waals surface area contributed by atoms with Crippen LogP contribution in [-0.4, -0.2) is 32.3 Å². The molecule has 0 saturated heterocycles. The molecule has 0 aliphatic heterocycles. The van der Waals surface area contributed by atoms with Crippen molar-refractivity contribution < 1.29 is 4.74 Å². The van der Waals surface area contributed by atoms with E-state index < -0.39 is 0 Å². The zero-order valence-electron chi connectivity index (χ0n) is 15.1. The largest absolute Gasteiger partial charge is 0.382 e. The molecule has 0 heterocycles. The van der Waals surface area contributed by atoms with Gasteiger partial charge >= 0.3 is 0 Å². The van der Waals surface area contributed by atoms with E-state index in [1.807, 2.05) is 31.2 Å². The average Bonchev–Trinajstić information content (AvgIpc) is 3.34. The Kier molecular flexibility index (Phi) is 7.38. The fraction of sp³-hybridized carbons (Fsp3) is 0.632. The smallest absolute Gasteiger partial charge is 0.191 e. The summed E-state index contributed by atoms with van der Waals surface area (Å²) >= 11 is 6.30. The van der Waals surface area contributed by atoms with Crippen molar-refractivity contribution >= 4 is 17.6 Å². The van der Waals surface area contributed by atoms with Crippen molar-refractivity contribution in [3.8, 4) is 0 Å². The molecule has 1 fully saturated rings. The van der Waals surface area contributed by atoms with Crippen LogP contribution in [0.2, 0.25) is 5.02 Å². The third kappa shape index (κ3) is 5.67. The van der Waals surface area contributed by atoms with Crippen molar-refractivity contribution in [2.45, 2.75) is 46.1 Å². The fourth-order valence-corrected chi connectivity index (χ4v) is 3.07. The number of guanidine groups is 1. The topological polar surface area (TPSA) is 45.7 Å². The third-order valence-electron chi connectivity index (χ3n) is 4.58. The van der Waals surface area contributed by atoms with Gasteiger partial charge in [0.2, 0.25) is 0 Å². The van der Waals surface area contributed by atoms with Crippen molar-refractivity contribution in [1.29, 1.82) is 0 Å². The summed E-state index contributed by atoms with van der Waals surface area (Å²) < 4.78 is 5.50. The van der Waals surface area contributed by atoms with Crippen molar-refractivity contribution in [1.82, 2.24) is 10.6 Å². The van der Waals surface area contributed by atoms with E-state index in [9.17, 15) is 0 Å². The Morgan fingerprint density at radius 1 is 1.33 bits per heavy atom. The minimum atomic E-state index is 0.107. The number of benzene rings is 1. The van der Waals surface area contributed by atoms with Crippen molar-refractivity contribution in [2.24, 2.45) is 10.4 Å². The number of rotatable bonds is 9. The highest BCUT2D eigenvalue weighted by Crippen LogP contribution is 2.49. The molecular formula is C19H30ClN3O. The van der Waals surface area contributed by atoms with Crippen LogP contribution in [0, 0.1) is 5.41 Å². The van der Waals surface area contributed by atoms with Gasteiger partial charge in [0.25, 0.3) is 0 Å². The maximum atomic E-state index is 6.30. The van der Waals surface area contributed by atoms with Gasteiger partial charge in [0.15, 0.2) is 5.96 Å². The number of hydrogen-bond acceptors (Lipinski definition) is 2. The molecule has 5 heteroatoms. The standard InChI is InChI=1S/C19H30ClN3O/c1-4-21-18(22-14-19(10-11-19)12-13-24-5-2)23-15(3)16-8-6-7-9-17(16)20/h6-9,15H,4-5,10-14H2,1-3H3,(H2,21,22,23). The van der Waals surface area contributed by atoms with Gasteiger partial charge in [-0.3, -0.25) is 4.99 Å². The zero-order valence-corrected chi connectivity index (χ0v) is 15.8.